The number of hydrogen-bond acceptors (Lipinski definition) is 4. The summed E-state index contributed by atoms with van der Waals surface area (Å²) in [4.78, 5) is 10.3. The minimum atomic E-state index is -1.79. The van der Waals surface area contributed by atoms with Gasteiger partial charge >= 0.3 is 0 Å². The molecule has 0 radical (unpaired) electrons. The minimum absolute atomic E-state index is 0.669. The van der Waals surface area contributed by atoms with Gasteiger partial charge in [0.05, 0.1) is 0 Å². The third kappa shape index (κ3) is 2.22. The lowest BCUT2D eigenvalue weighted by atomic mass is 10.4. The van der Waals surface area contributed by atoms with Gasteiger partial charge in [-0.15, -0.1) is 0 Å². The predicted octanol–water partition coefficient (Wildman–Crippen LogP) is -2.06. The van der Waals surface area contributed by atoms with Gasteiger partial charge < -0.3 is 0 Å². The Morgan fingerprint density at radius 1 is 1.50 bits per heavy atom. The van der Waals surface area contributed by atoms with E-state index in [1.165, 1.54) is 0 Å². The Hall–Kier alpha value is -0.170. The fourth-order valence-electron chi connectivity index (χ4n) is 0.0818. The summed E-state index contributed by atoms with van der Waals surface area (Å²) in [6.07, 6.45) is 0. The van der Waals surface area contributed by atoms with E-state index in [9.17, 15) is 4.79 Å². The van der Waals surface area contributed by atoms with Gasteiger partial charge in [0, 0.05) is 16.1 Å². The van der Waals surface area contributed by atoms with Crippen LogP contribution in [0.2, 0.25) is 0 Å². The van der Waals surface area contributed by atoms with Crippen LogP contribution in [0.15, 0.2) is 0 Å². The van der Waals surface area contributed by atoms with Crippen molar-refractivity contribution >= 4 is 22.1 Å². The van der Waals surface area contributed by atoms with Crippen LogP contribution in [0.1, 0.15) is 0 Å². The normalized spacial score (nSPS) is 11.0. The SMILES string of the molecule is NC(N)(N)C(=O)NBr. The average Bonchev–Trinajstić information content (AvgIpc) is 1.62. The van der Waals surface area contributed by atoms with Crippen molar-refractivity contribution in [1.29, 1.82) is 0 Å². The van der Waals surface area contributed by atoms with Crippen LogP contribution in [0, 0.1) is 0 Å². The fraction of sp³-hybridized carbons (Fsp3) is 0.500. The molecule has 0 unspecified atom stereocenters. The van der Waals surface area contributed by atoms with Crippen molar-refractivity contribution < 1.29 is 4.79 Å². The molecule has 0 heterocycles. The van der Waals surface area contributed by atoms with Crippen LogP contribution in [-0.2, 0) is 4.79 Å². The molecule has 0 aliphatic rings. The van der Waals surface area contributed by atoms with Gasteiger partial charge in [0.1, 0.15) is 0 Å². The average molecular weight is 183 g/mol. The first-order valence-electron chi connectivity index (χ1n) is 1.76. The van der Waals surface area contributed by atoms with E-state index in [4.69, 9.17) is 17.2 Å². The predicted molar refractivity (Wildman–Crippen MR) is 32.4 cm³/mol. The summed E-state index contributed by atoms with van der Waals surface area (Å²) in [7, 11) is 0. The van der Waals surface area contributed by atoms with Gasteiger partial charge in [-0.1, -0.05) is 0 Å². The maximum atomic E-state index is 10.3. The van der Waals surface area contributed by atoms with Crippen molar-refractivity contribution in [1.82, 2.24) is 4.34 Å². The standard InChI is InChI=1S/C2H7BrN4O/c3-7-1(8)2(4,5)6/h4-6H2,(H,7,8). The quantitative estimate of drug-likeness (QED) is 0.277. The summed E-state index contributed by atoms with van der Waals surface area (Å²) in [5.74, 6) is -2.46. The van der Waals surface area contributed by atoms with Crippen LogP contribution < -0.4 is 21.5 Å². The van der Waals surface area contributed by atoms with Crippen molar-refractivity contribution in [2.24, 2.45) is 17.2 Å². The Bertz CT molecular complexity index is 96.7. The molecular formula is C2H7BrN4O. The number of carbonyl (C=O) groups excluding carboxylic acids is 1. The summed E-state index contributed by atoms with van der Waals surface area (Å²) in [6.45, 7) is 0. The summed E-state index contributed by atoms with van der Waals surface area (Å²) in [5, 5.41) is 0. The lowest BCUT2D eigenvalue weighted by Gasteiger charge is -2.13. The highest BCUT2D eigenvalue weighted by Crippen LogP contribution is 1.78. The van der Waals surface area contributed by atoms with Crippen LogP contribution in [-0.4, -0.2) is 11.7 Å². The minimum Gasteiger partial charge on any atom is -0.293 e. The van der Waals surface area contributed by atoms with Gasteiger partial charge in [0.15, 0.2) is 5.79 Å². The van der Waals surface area contributed by atoms with E-state index in [0.717, 1.165) is 0 Å². The Kier molecular flexibility index (Phi) is 2.35. The number of halogens is 1. The van der Waals surface area contributed by atoms with Crippen LogP contribution in [0.4, 0.5) is 0 Å². The number of nitrogens with two attached hydrogens (primary N) is 3. The molecule has 1 amide bonds. The van der Waals surface area contributed by atoms with Crippen molar-refractivity contribution in [2.75, 3.05) is 0 Å². The zero-order valence-electron chi connectivity index (χ0n) is 4.02. The smallest absolute Gasteiger partial charge is 0.279 e. The highest BCUT2D eigenvalue weighted by Gasteiger charge is 2.21. The zero-order valence-corrected chi connectivity index (χ0v) is 5.60. The third-order valence-corrected chi connectivity index (χ3v) is 0.839. The van der Waals surface area contributed by atoms with Crippen molar-refractivity contribution in [2.45, 2.75) is 5.79 Å². The molecule has 48 valence electrons. The second-order valence-corrected chi connectivity index (χ2v) is 1.75. The summed E-state index contributed by atoms with van der Waals surface area (Å²) in [5.41, 5.74) is 14.7. The molecule has 0 aromatic carbocycles. The number of rotatable bonds is 1. The van der Waals surface area contributed by atoms with Crippen molar-refractivity contribution in [3.8, 4) is 0 Å². The second-order valence-electron chi connectivity index (χ2n) is 1.36. The summed E-state index contributed by atoms with van der Waals surface area (Å²) < 4.78 is 2.00. The van der Waals surface area contributed by atoms with Crippen molar-refractivity contribution in [3.05, 3.63) is 0 Å². The first-order chi connectivity index (χ1) is 3.48. The molecule has 0 spiro atoms. The maximum absolute atomic E-state index is 10.3. The number of amides is 1. The van der Waals surface area contributed by atoms with E-state index in [1.807, 2.05) is 4.34 Å². The van der Waals surface area contributed by atoms with E-state index in [2.05, 4.69) is 16.1 Å². The van der Waals surface area contributed by atoms with Crippen LogP contribution in [0.5, 0.6) is 0 Å². The maximum Gasteiger partial charge on any atom is 0.279 e. The Morgan fingerprint density at radius 2 is 1.88 bits per heavy atom. The van der Waals surface area contributed by atoms with Gasteiger partial charge in [-0.05, 0) is 0 Å². The molecule has 0 aliphatic heterocycles. The fourth-order valence-corrected chi connectivity index (χ4v) is 0.425. The third-order valence-electron chi connectivity index (χ3n) is 0.479. The molecule has 0 fully saturated rings. The molecule has 0 saturated heterocycles. The Morgan fingerprint density at radius 3 is 1.88 bits per heavy atom. The molecule has 0 aromatic heterocycles. The Balaban J connectivity index is 3.82. The van der Waals surface area contributed by atoms with Gasteiger partial charge in [0.2, 0.25) is 0 Å². The molecule has 5 nitrogen and oxygen atoms in total. The lowest BCUT2D eigenvalue weighted by molar-refractivity contribution is -0.123. The van der Waals surface area contributed by atoms with E-state index < -0.39 is 11.7 Å². The molecular weight excluding hydrogens is 176 g/mol. The zero-order chi connectivity index (χ0) is 6.78. The summed E-state index contributed by atoms with van der Waals surface area (Å²) in [6, 6.07) is 0. The van der Waals surface area contributed by atoms with Gasteiger partial charge in [-0.3, -0.25) is 26.3 Å². The highest BCUT2D eigenvalue weighted by molar-refractivity contribution is 9.08. The topological polar surface area (TPSA) is 107 Å². The van der Waals surface area contributed by atoms with Crippen LogP contribution >= 0.6 is 16.1 Å². The van der Waals surface area contributed by atoms with Crippen LogP contribution in [0.25, 0.3) is 0 Å². The van der Waals surface area contributed by atoms with Gasteiger partial charge in [-0.25, -0.2) is 0 Å². The van der Waals surface area contributed by atoms with E-state index >= 15 is 0 Å². The monoisotopic (exact) mass is 182 g/mol. The largest absolute Gasteiger partial charge is 0.293 e. The van der Waals surface area contributed by atoms with Crippen LogP contribution in [0.3, 0.4) is 0 Å². The molecule has 7 N–H and O–H groups in total. The van der Waals surface area contributed by atoms with Crippen molar-refractivity contribution in [3.63, 3.8) is 0 Å². The number of hydrogen-bond donors (Lipinski definition) is 4. The van der Waals surface area contributed by atoms with Gasteiger partial charge in [-0.2, -0.15) is 0 Å². The first-order valence-corrected chi connectivity index (χ1v) is 2.55. The lowest BCUT2D eigenvalue weighted by Crippen LogP contribution is -2.66. The molecule has 8 heavy (non-hydrogen) atoms. The molecule has 0 aromatic rings. The van der Waals surface area contributed by atoms with Gasteiger partial charge in [0.25, 0.3) is 5.91 Å². The Labute approximate surface area is 54.9 Å². The van der Waals surface area contributed by atoms with E-state index in [1.54, 1.807) is 0 Å². The summed E-state index contributed by atoms with van der Waals surface area (Å²) >= 11 is 2.61. The molecule has 0 rings (SSSR count). The second kappa shape index (κ2) is 2.40. The first kappa shape index (κ1) is 7.83. The molecule has 0 bridgehead atoms. The number of nitrogens with one attached hydrogen (secondary N) is 1. The molecule has 0 atom stereocenters. The van der Waals surface area contributed by atoms with E-state index in [0.29, 0.717) is 0 Å². The molecule has 0 aliphatic carbocycles. The molecule has 6 heteroatoms. The highest BCUT2D eigenvalue weighted by atomic mass is 79.9. The van der Waals surface area contributed by atoms with E-state index in [-0.39, 0.29) is 0 Å². The number of carbonyl (C=O) groups is 1. The molecule has 0 saturated carbocycles.